The summed E-state index contributed by atoms with van der Waals surface area (Å²) in [4.78, 5) is 15.3. The molecule has 100 valence electrons. The zero-order valence-electron chi connectivity index (χ0n) is 10.3. The summed E-state index contributed by atoms with van der Waals surface area (Å²) in [6, 6.07) is 11.2. The number of carbonyl (C=O) groups excluding carboxylic acids is 1. The quantitative estimate of drug-likeness (QED) is 0.729. The Morgan fingerprint density at radius 3 is 2.85 bits per heavy atom. The standard InChI is InChI=1S/C15H10ClFN2O/c16-12-8-10(17)4-5-13(12)19-15(20)11-3-1-2-9-6-7-18-14(9)11/h1-8,18H,(H,19,20). The first-order valence-electron chi connectivity index (χ1n) is 5.97. The van der Waals surface area contributed by atoms with Crippen LogP contribution >= 0.6 is 11.6 Å². The number of amides is 1. The first kappa shape index (κ1) is 12.7. The van der Waals surface area contributed by atoms with Crippen molar-refractivity contribution >= 4 is 34.1 Å². The molecule has 5 heteroatoms. The molecule has 2 N–H and O–H groups in total. The van der Waals surface area contributed by atoms with Crippen molar-refractivity contribution in [1.29, 1.82) is 0 Å². The number of fused-ring (bicyclic) bond motifs is 1. The Kier molecular flexibility index (Phi) is 3.16. The summed E-state index contributed by atoms with van der Waals surface area (Å²) in [6.45, 7) is 0. The molecule has 0 unspecified atom stereocenters. The van der Waals surface area contributed by atoms with Crippen LogP contribution in [0.1, 0.15) is 10.4 Å². The normalized spacial score (nSPS) is 10.7. The van der Waals surface area contributed by atoms with E-state index >= 15 is 0 Å². The van der Waals surface area contributed by atoms with Crippen LogP contribution in [0.2, 0.25) is 5.02 Å². The third-order valence-electron chi connectivity index (χ3n) is 3.01. The minimum absolute atomic E-state index is 0.164. The average molecular weight is 289 g/mol. The molecule has 0 aliphatic rings. The monoisotopic (exact) mass is 288 g/mol. The lowest BCUT2D eigenvalue weighted by atomic mass is 10.1. The van der Waals surface area contributed by atoms with E-state index in [1.807, 2.05) is 12.1 Å². The van der Waals surface area contributed by atoms with E-state index in [0.29, 0.717) is 11.3 Å². The van der Waals surface area contributed by atoms with Crippen LogP contribution in [0.5, 0.6) is 0 Å². The topological polar surface area (TPSA) is 44.9 Å². The van der Waals surface area contributed by atoms with Crippen molar-refractivity contribution in [2.24, 2.45) is 0 Å². The van der Waals surface area contributed by atoms with Gasteiger partial charge in [0.1, 0.15) is 5.82 Å². The molecule has 0 atom stereocenters. The van der Waals surface area contributed by atoms with Crippen LogP contribution in [-0.4, -0.2) is 10.9 Å². The van der Waals surface area contributed by atoms with Crippen molar-refractivity contribution in [3.63, 3.8) is 0 Å². The van der Waals surface area contributed by atoms with Crippen LogP contribution in [0.3, 0.4) is 0 Å². The zero-order valence-corrected chi connectivity index (χ0v) is 11.0. The summed E-state index contributed by atoms with van der Waals surface area (Å²) in [5.74, 6) is -0.744. The predicted octanol–water partition coefficient (Wildman–Crippen LogP) is 4.21. The Morgan fingerprint density at radius 2 is 2.05 bits per heavy atom. The third-order valence-corrected chi connectivity index (χ3v) is 3.32. The fourth-order valence-electron chi connectivity index (χ4n) is 2.05. The number of hydrogen-bond donors (Lipinski definition) is 2. The summed E-state index contributed by atoms with van der Waals surface area (Å²) in [6.07, 6.45) is 1.77. The van der Waals surface area contributed by atoms with E-state index in [9.17, 15) is 9.18 Å². The van der Waals surface area contributed by atoms with Crippen molar-refractivity contribution in [3.8, 4) is 0 Å². The van der Waals surface area contributed by atoms with Crippen molar-refractivity contribution in [1.82, 2.24) is 4.98 Å². The Labute approximate surface area is 119 Å². The molecule has 0 spiro atoms. The molecule has 3 nitrogen and oxygen atoms in total. The van der Waals surface area contributed by atoms with Gasteiger partial charge in [0.25, 0.3) is 5.91 Å². The highest BCUT2D eigenvalue weighted by Crippen LogP contribution is 2.24. The second-order valence-electron chi connectivity index (χ2n) is 4.33. The van der Waals surface area contributed by atoms with Crippen LogP contribution < -0.4 is 5.32 Å². The lowest BCUT2D eigenvalue weighted by molar-refractivity contribution is 0.102. The van der Waals surface area contributed by atoms with E-state index in [1.165, 1.54) is 12.1 Å². The van der Waals surface area contributed by atoms with Gasteiger partial charge in [-0.25, -0.2) is 4.39 Å². The van der Waals surface area contributed by atoms with Gasteiger partial charge in [0, 0.05) is 11.6 Å². The van der Waals surface area contributed by atoms with Crippen LogP contribution in [0.4, 0.5) is 10.1 Å². The van der Waals surface area contributed by atoms with Gasteiger partial charge < -0.3 is 10.3 Å². The van der Waals surface area contributed by atoms with E-state index in [0.717, 1.165) is 17.0 Å². The molecule has 1 heterocycles. The Balaban J connectivity index is 1.95. The highest BCUT2D eigenvalue weighted by molar-refractivity contribution is 6.34. The molecular weight excluding hydrogens is 279 g/mol. The highest BCUT2D eigenvalue weighted by Gasteiger charge is 2.12. The average Bonchev–Trinajstić information content (AvgIpc) is 2.90. The number of hydrogen-bond acceptors (Lipinski definition) is 1. The second kappa shape index (κ2) is 4.98. The molecular formula is C15H10ClFN2O. The minimum atomic E-state index is -0.445. The summed E-state index contributed by atoms with van der Waals surface area (Å²) in [5.41, 5.74) is 1.64. The van der Waals surface area contributed by atoms with Crippen molar-refractivity contribution in [2.45, 2.75) is 0 Å². The number of halogens is 2. The maximum Gasteiger partial charge on any atom is 0.257 e. The molecule has 1 aromatic heterocycles. The van der Waals surface area contributed by atoms with Crippen LogP contribution in [0.15, 0.2) is 48.7 Å². The fraction of sp³-hybridized carbons (Fsp3) is 0. The van der Waals surface area contributed by atoms with Crippen molar-refractivity contribution in [3.05, 3.63) is 65.1 Å². The van der Waals surface area contributed by atoms with E-state index in [1.54, 1.807) is 18.3 Å². The number of carbonyl (C=O) groups is 1. The van der Waals surface area contributed by atoms with Crippen molar-refractivity contribution < 1.29 is 9.18 Å². The predicted molar refractivity (Wildman–Crippen MR) is 77.7 cm³/mol. The van der Waals surface area contributed by atoms with Gasteiger partial charge in [0.2, 0.25) is 0 Å². The third kappa shape index (κ3) is 2.26. The summed E-state index contributed by atoms with van der Waals surface area (Å²) in [5, 5.41) is 3.79. The zero-order chi connectivity index (χ0) is 14.1. The number of rotatable bonds is 2. The van der Waals surface area contributed by atoms with E-state index in [-0.39, 0.29) is 10.9 Å². The van der Waals surface area contributed by atoms with Gasteiger partial charge in [0.15, 0.2) is 0 Å². The minimum Gasteiger partial charge on any atom is -0.361 e. The summed E-state index contributed by atoms with van der Waals surface area (Å²) < 4.78 is 13.0. The Morgan fingerprint density at radius 1 is 1.20 bits per heavy atom. The summed E-state index contributed by atoms with van der Waals surface area (Å²) in [7, 11) is 0. The molecule has 0 aliphatic heterocycles. The van der Waals surface area contributed by atoms with Gasteiger partial charge in [-0.05, 0) is 30.3 Å². The molecule has 3 rings (SSSR count). The molecule has 2 aromatic carbocycles. The van der Waals surface area contributed by atoms with Crippen LogP contribution in [0.25, 0.3) is 10.9 Å². The van der Waals surface area contributed by atoms with Gasteiger partial charge in [0.05, 0.1) is 21.8 Å². The number of benzene rings is 2. The SMILES string of the molecule is O=C(Nc1ccc(F)cc1Cl)c1cccc2cc[nH]c12. The first-order valence-corrected chi connectivity index (χ1v) is 6.35. The smallest absolute Gasteiger partial charge is 0.257 e. The number of aromatic amines is 1. The van der Waals surface area contributed by atoms with Gasteiger partial charge in [-0.1, -0.05) is 23.7 Å². The Hall–Kier alpha value is -2.33. The fourth-order valence-corrected chi connectivity index (χ4v) is 2.27. The molecule has 0 radical (unpaired) electrons. The molecule has 1 amide bonds. The lowest BCUT2D eigenvalue weighted by Crippen LogP contribution is -2.12. The highest BCUT2D eigenvalue weighted by atomic mass is 35.5. The van der Waals surface area contributed by atoms with Gasteiger partial charge in [-0.2, -0.15) is 0 Å². The van der Waals surface area contributed by atoms with E-state index in [2.05, 4.69) is 10.3 Å². The molecule has 0 fully saturated rings. The molecule has 0 saturated heterocycles. The van der Waals surface area contributed by atoms with Crippen LogP contribution in [0, 0.1) is 5.82 Å². The largest absolute Gasteiger partial charge is 0.361 e. The maximum atomic E-state index is 13.0. The maximum absolute atomic E-state index is 13.0. The van der Waals surface area contributed by atoms with Crippen molar-refractivity contribution in [2.75, 3.05) is 5.32 Å². The molecule has 20 heavy (non-hydrogen) atoms. The number of H-pyrrole nitrogens is 1. The number of nitrogens with one attached hydrogen (secondary N) is 2. The van der Waals surface area contributed by atoms with Gasteiger partial charge in [-0.3, -0.25) is 4.79 Å². The molecule has 0 bridgehead atoms. The molecule has 0 saturated carbocycles. The van der Waals surface area contributed by atoms with Gasteiger partial charge in [-0.15, -0.1) is 0 Å². The number of aromatic nitrogens is 1. The molecule has 0 aliphatic carbocycles. The lowest BCUT2D eigenvalue weighted by Gasteiger charge is -2.08. The second-order valence-corrected chi connectivity index (χ2v) is 4.73. The van der Waals surface area contributed by atoms with E-state index in [4.69, 9.17) is 11.6 Å². The first-order chi connectivity index (χ1) is 9.65. The number of anilines is 1. The van der Waals surface area contributed by atoms with E-state index < -0.39 is 5.82 Å². The van der Waals surface area contributed by atoms with Gasteiger partial charge >= 0.3 is 0 Å². The Bertz CT molecular complexity index is 797. The number of para-hydroxylation sites is 1. The molecule has 3 aromatic rings. The van der Waals surface area contributed by atoms with Crippen LogP contribution in [-0.2, 0) is 0 Å². The summed E-state index contributed by atoms with van der Waals surface area (Å²) >= 11 is 5.90.